The van der Waals surface area contributed by atoms with E-state index in [4.69, 9.17) is 5.73 Å². The molecule has 3 N–H and O–H groups in total. The van der Waals surface area contributed by atoms with Crippen molar-refractivity contribution in [1.29, 1.82) is 0 Å². The van der Waals surface area contributed by atoms with Crippen LogP contribution >= 0.6 is 24.4 Å². The number of thioether (sulfide) groups is 1. The van der Waals surface area contributed by atoms with Gasteiger partial charge in [0.15, 0.2) is 0 Å². The van der Waals surface area contributed by atoms with Crippen molar-refractivity contribution in [3.05, 3.63) is 0 Å². The molecule has 0 aliphatic rings. The molecule has 0 radical (unpaired) electrons. The van der Waals surface area contributed by atoms with Crippen molar-refractivity contribution < 1.29 is 4.79 Å². The van der Waals surface area contributed by atoms with E-state index in [1.54, 1.807) is 11.8 Å². The largest absolute Gasteiger partial charge is 0.346 e. The van der Waals surface area contributed by atoms with Crippen LogP contribution in [0.25, 0.3) is 0 Å². The highest BCUT2D eigenvalue weighted by Gasteiger charge is 2.08. The molecule has 0 aromatic carbocycles. The summed E-state index contributed by atoms with van der Waals surface area (Å²) in [7, 11) is 0. The van der Waals surface area contributed by atoms with Crippen LogP contribution in [-0.4, -0.2) is 29.8 Å². The molecule has 5 heteroatoms. The number of hydrogen-bond acceptors (Lipinski definition) is 4. The first-order valence-corrected chi connectivity index (χ1v) is 4.88. The van der Waals surface area contributed by atoms with Gasteiger partial charge < -0.3 is 11.1 Å². The number of rotatable bonds is 4. The number of hydrogen-bond donors (Lipinski definition) is 3. The summed E-state index contributed by atoms with van der Waals surface area (Å²) >= 11 is 5.43. The lowest BCUT2D eigenvalue weighted by molar-refractivity contribution is -0.121. The summed E-state index contributed by atoms with van der Waals surface area (Å²) in [5.74, 6) is 0.866. The highest BCUT2D eigenvalue weighted by Crippen LogP contribution is 1.88. The molecule has 1 atom stereocenters. The maximum atomic E-state index is 10.8. The van der Waals surface area contributed by atoms with Crippen molar-refractivity contribution in [1.82, 2.24) is 5.32 Å². The number of amides is 1. The van der Waals surface area contributed by atoms with Crippen LogP contribution in [-0.2, 0) is 4.79 Å². The zero-order chi connectivity index (χ0) is 7.98. The van der Waals surface area contributed by atoms with Gasteiger partial charge in [-0.25, -0.2) is 0 Å². The first kappa shape index (κ1) is 10.1. The predicted molar refractivity (Wildman–Crippen MR) is 48.4 cm³/mol. The molecule has 0 saturated heterocycles. The van der Waals surface area contributed by atoms with E-state index in [2.05, 4.69) is 17.9 Å². The minimum Gasteiger partial charge on any atom is -0.346 e. The van der Waals surface area contributed by atoms with E-state index in [1.807, 2.05) is 6.26 Å². The monoisotopic (exact) mass is 180 g/mol. The van der Waals surface area contributed by atoms with E-state index in [0.29, 0.717) is 11.6 Å². The van der Waals surface area contributed by atoms with Gasteiger partial charge in [0, 0.05) is 5.75 Å². The molecule has 1 unspecified atom stereocenters. The molecule has 0 saturated carbocycles. The van der Waals surface area contributed by atoms with Gasteiger partial charge >= 0.3 is 0 Å². The summed E-state index contributed by atoms with van der Waals surface area (Å²) < 4.78 is 0. The molecule has 0 aliphatic carbocycles. The van der Waals surface area contributed by atoms with Crippen molar-refractivity contribution >= 4 is 30.3 Å². The van der Waals surface area contributed by atoms with E-state index in [9.17, 15) is 4.79 Å². The number of nitrogens with two attached hydrogens (primary N) is 1. The van der Waals surface area contributed by atoms with Gasteiger partial charge in [-0.1, -0.05) is 0 Å². The number of carbonyl (C=O) groups is 1. The quantitative estimate of drug-likeness (QED) is 0.410. The first-order valence-electron chi connectivity index (χ1n) is 2.85. The van der Waals surface area contributed by atoms with Gasteiger partial charge in [-0.2, -0.15) is 12.6 Å². The Labute approximate surface area is 70.5 Å². The van der Waals surface area contributed by atoms with E-state index in [0.717, 1.165) is 0 Å². The smallest absolute Gasteiger partial charge is 0.238 e. The maximum absolute atomic E-state index is 10.8. The summed E-state index contributed by atoms with van der Waals surface area (Å²) in [6.45, 7) is 0. The van der Waals surface area contributed by atoms with Crippen molar-refractivity contribution in [3.8, 4) is 0 Å². The molecule has 3 nitrogen and oxygen atoms in total. The summed E-state index contributed by atoms with van der Waals surface area (Å²) in [6, 6.07) is -0.476. The molecule has 0 aromatic heterocycles. The van der Waals surface area contributed by atoms with Gasteiger partial charge in [0.05, 0.1) is 11.9 Å². The fourth-order valence-electron chi connectivity index (χ4n) is 0.357. The van der Waals surface area contributed by atoms with Crippen LogP contribution in [0.2, 0.25) is 0 Å². The standard InChI is InChI=1S/C5H12N2OS2/c1-10-3-7-5(8)4(6)2-9/h4,9H,2-3,6H2,1H3,(H,7,8). The third-order valence-corrected chi connectivity index (χ3v) is 1.75. The number of nitrogens with one attached hydrogen (secondary N) is 1. The average molecular weight is 180 g/mol. The van der Waals surface area contributed by atoms with Crippen LogP contribution in [0.15, 0.2) is 0 Å². The number of carbonyl (C=O) groups excluding carboxylic acids is 1. The average Bonchev–Trinajstić information content (AvgIpc) is 1.98. The zero-order valence-electron chi connectivity index (χ0n) is 5.83. The lowest BCUT2D eigenvalue weighted by Gasteiger charge is -2.07. The fourth-order valence-corrected chi connectivity index (χ4v) is 0.810. The van der Waals surface area contributed by atoms with Crippen LogP contribution in [0, 0.1) is 0 Å². The lowest BCUT2D eigenvalue weighted by Crippen LogP contribution is -2.41. The molecule has 0 spiro atoms. The van der Waals surface area contributed by atoms with Crippen LogP contribution in [0.4, 0.5) is 0 Å². The van der Waals surface area contributed by atoms with Gasteiger partial charge in [-0.3, -0.25) is 4.79 Å². The minimum absolute atomic E-state index is 0.135. The maximum Gasteiger partial charge on any atom is 0.238 e. The van der Waals surface area contributed by atoms with E-state index in [1.165, 1.54) is 0 Å². The Balaban J connectivity index is 3.42. The third kappa shape index (κ3) is 4.03. The van der Waals surface area contributed by atoms with Crippen molar-refractivity contribution in [2.45, 2.75) is 6.04 Å². The molecule has 0 fully saturated rings. The summed E-state index contributed by atoms with van der Waals surface area (Å²) in [5, 5.41) is 2.63. The molecular weight excluding hydrogens is 168 g/mol. The molecule has 1 amide bonds. The Kier molecular flexibility index (Phi) is 5.96. The van der Waals surface area contributed by atoms with Crippen molar-refractivity contribution in [3.63, 3.8) is 0 Å². The molecule has 60 valence electrons. The normalized spacial score (nSPS) is 12.7. The molecule has 0 bridgehead atoms. The Morgan fingerprint density at radius 2 is 2.50 bits per heavy atom. The Bertz CT molecular complexity index is 110. The second-order valence-electron chi connectivity index (χ2n) is 1.76. The molecule has 0 aliphatic heterocycles. The Morgan fingerprint density at radius 1 is 1.90 bits per heavy atom. The first-order chi connectivity index (χ1) is 4.72. The van der Waals surface area contributed by atoms with Crippen LogP contribution < -0.4 is 11.1 Å². The second kappa shape index (κ2) is 5.88. The molecular formula is C5H12N2OS2. The predicted octanol–water partition coefficient (Wildman–Crippen LogP) is -0.320. The van der Waals surface area contributed by atoms with E-state index < -0.39 is 6.04 Å². The van der Waals surface area contributed by atoms with Gasteiger partial charge in [0.25, 0.3) is 0 Å². The van der Waals surface area contributed by atoms with Gasteiger partial charge in [0.1, 0.15) is 0 Å². The van der Waals surface area contributed by atoms with E-state index >= 15 is 0 Å². The molecule has 0 heterocycles. The highest BCUT2D eigenvalue weighted by molar-refractivity contribution is 7.98. The topological polar surface area (TPSA) is 55.1 Å². The summed E-state index contributed by atoms with van der Waals surface area (Å²) in [6.07, 6.45) is 1.91. The van der Waals surface area contributed by atoms with Crippen LogP contribution in [0.3, 0.4) is 0 Å². The molecule has 10 heavy (non-hydrogen) atoms. The van der Waals surface area contributed by atoms with Crippen LogP contribution in [0.5, 0.6) is 0 Å². The lowest BCUT2D eigenvalue weighted by atomic mass is 10.3. The molecule has 0 rings (SSSR count). The van der Waals surface area contributed by atoms with Gasteiger partial charge in [-0.05, 0) is 6.26 Å². The van der Waals surface area contributed by atoms with Crippen molar-refractivity contribution in [2.24, 2.45) is 5.73 Å². The summed E-state index contributed by atoms with van der Waals surface area (Å²) in [5.41, 5.74) is 5.36. The zero-order valence-corrected chi connectivity index (χ0v) is 7.54. The molecule has 0 aromatic rings. The minimum atomic E-state index is -0.476. The third-order valence-electron chi connectivity index (χ3n) is 0.924. The fraction of sp³-hybridized carbons (Fsp3) is 0.800. The van der Waals surface area contributed by atoms with Crippen LogP contribution in [0.1, 0.15) is 0 Å². The SMILES string of the molecule is CSCNC(=O)C(N)CS. The Hall–Kier alpha value is 0.130. The van der Waals surface area contributed by atoms with Gasteiger partial charge in [0.2, 0.25) is 5.91 Å². The van der Waals surface area contributed by atoms with Crippen molar-refractivity contribution in [2.75, 3.05) is 17.9 Å². The Morgan fingerprint density at radius 3 is 2.90 bits per heavy atom. The van der Waals surface area contributed by atoms with Gasteiger partial charge in [-0.15, -0.1) is 11.8 Å². The van der Waals surface area contributed by atoms with E-state index in [-0.39, 0.29) is 5.91 Å². The number of thiol groups is 1. The second-order valence-corrected chi connectivity index (χ2v) is 2.99. The highest BCUT2D eigenvalue weighted by atomic mass is 32.2. The summed E-state index contributed by atoms with van der Waals surface area (Å²) in [4.78, 5) is 10.8.